The van der Waals surface area contributed by atoms with Crippen molar-refractivity contribution in [1.29, 1.82) is 0 Å². The molecule has 8 nitrogen and oxygen atoms in total. The van der Waals surface area contributed by atoms with Crippen LogP contribution in [0.25, 0.3) is 0 Å². The molecule has 0 aliphatic carbocycles. The summed E-state index contributed by atoms with van der Waals surface area (Å²) >= 11 is 6.38. The zero-order valence-corrected chi connectivity index (χ0v) is 20.8. The van der Waals surface area contributed by atoms with Gasteiger partial charge < -0.3 is 25.0 Å². The van der Waals surface area contributed by atoms with Gasteiger partial charge in [-0.3, -0.25) is 4.90 Å². The van der Waals surface area contributed by atoms with Gasteiger partial charge in [0.25, 0.3) is 0 Å². The molecule has 9 heteroatoms. The summed E-state index contributed by atoms with van der Waals surface area (Å²) in [5.74, 6) is 0.165. The summed E-state index contributed by atoms with van der Waals surface area (Å²) in [7, 11) is 0. The Bertz CT molecular complexity index is 1100. The van der Waals surface area contributed by atoms with E-state index in [1.807, 2.05) is 55.5 Å². The Labute approximate surface area is 210 Å². The predicted octanol–water partition coefficient (Wildman–Crippen LogP) is 3.73. The van der Waals surface area contributed by atoms with Gasteiger partial charge in [0, 0.05) is 44.0 Å². The molecule has 2 heterocycles. The first-order valence-electron chi connectivity index (χ1n) is 11.9. The molecule has 0 radical (unpaired) electrons. The van der Waals surface area contributed by atoms with E-state index in [0.29, 0.717) is 35.7 Å². The van der Waals surface area contributed by atoms with E-state index in [9.17, 15) is 9.59 Å². The minimum Gasteiger partial charge on any atom is -0.494 e. The van der Waals surface area contributed by atoms with Crippen LogP contribution in [0.3, 0.4) is 0 Å². The van der Waals surface area contributed by atoms with Crippen LogP contribution in [-0.4, -0.2) is 62.8 Å². The molecule has 1 fully saturated rings. The van der Waals surface area contributed by atoms with Crippen molar-refractivity contribution in [2.24, 2.45) is 0 Å². The molecule has 2 N–H and O–H groups in total. The van der Waals surface area contributed by atoms with E-state index in [0.717, 1.165) is 36.9 Å². The molecular weight excluding hydrogens is 468 g/mol. The standard InChI is InChI=1S/C26H31ClN4O4/c1-3-34-22-12-8-5-9-18(22)24-23(25(32)35-4-2)20(28-26(33)29-24)17-30-13-15-31(16-14-30)21-11-7-6-10-19(21)27/h5-12,24H,3-4,13-17H2,1-2H3,(H2,28,29,33)/t24-/m0/s1. The number of urea groups is 1. The molecule has 2 amide bonds. The summed E-state index contributed by atoms with van der Waals surface area (Å²) in [6.45, 7) is 7.88. The van der Waals surface area contributed by atoms with E-state index in [4.69, 9.17) is 21.1 Å². The van der Waals surface area contributed by atoms with Crippen molar-refractivity contribution >= 4 is 29.3 Å². The lowest BCUT2D eigenvalue weighted by Gasteiger charge is -2.38. The number of para-hydroxylation sites is 2. The SMILES string of the molecule is CCOC(=O)C1=C(CN2CCN(c3ccccc3Cl)CC2)NC(=O)N[C@H]1c1ccccc1OCC. The Kier molecular flexibility index (Phi) is 8.15. The minimum atomic E-state index is -0.676. The van der Waals surface area contributed by atoms with Crippen molar-refractivity contribution < 1.29 is 19.1 Å². The number of hydrogen-bond acceptors (Lipinski definition) is 6. The first-order chi connectivity index (χ1) is 17.0. The highest BCUT2D eigenvalue weighted by Crippen LogP contribution is 2.34. The van der Waals surface area contributed by atoms with Crippen LogP contribution in [0.1, 0.15) is 25.5 Å². The molecule has 2 aliphatic rings. The topological polar surface area (TPSA) is 83.1 Å². The highest BCUT2D eigenvalue weighted by Gasteiger charge is 2.36. The Hall–Kier alpha value is -3.23. The number of anilines is 1. The van der Waals surface area contributed by atoms with Crippen LogP contribution in [-0.2, 0) is 9.53 Å². The highest BCUT2D eigenvalue weighted by molar-refractivity contribution is 6.33. The van der Waals surface area contributed by atoms with E-state index in [-0.39, 0.29) is 12.6 Å². The number of carbonyl (C=O) groups is 2. The number of carbonyl (C=O) groups excluding carboxylic acids is 2. The molecule has 4 rings (SSSR count). The van der Waals surface area contributed by atoms with Gasteiger partial charge in [-0.05, 0) is 32.0 Å². The normalized spacial score (nSPS) is 18.7. The molecule has 2 aromatic rings. The zero-order valence-electron chi connectivity index (χ0n) is 20.1. The van der Waals surface area contributed by atoms with Gasteiger partial charge in [0.15, 0.2) is 0 Å². The zero-order chi connectivity index (χ0) is 24.8. The maximum atomic E-state index is 13.1. The Morgan fingerprint density at radius 3 is 2.46 bits per heavy atom. The number of rotatable bonds is 8. The van der Waals surface area contributed by atoms with E-state index in [1.165, 1.54) is 0 Å². The molecule has 2 aliphatic heterocycles. The fourth-order valence-electron chi connectivity index (χ4n) is 4.51. The fraction of sp³-hybridized carbons (Fsp3) is 0.385. The van der Waals surface area contributed by atoms with Crippen LogP contribution in [0.5, 0.6) is 5.75 Å². The molecule has 2 aromatic carbocycles. The maximum Gasteiger partial charge on any atom is 0.338 e. The fourth-order valence-corrected chi connectivity index (χ4v) is 4.77. The van der Waals surface area contributed by atoms with Crippen LogP contribution in [0.4, 0.5) is 10.5 Å². The first kappa shape index (κ1) is 24.9. The summed E-state index contributed by atoms with van der Waals surface area (Å²) in [6.07, 6.45) is 0. The summed E-state index contributed by atoms with van der Waals surface area (Å²) in [6, 6.07) is 14.2. The largest absolute Gasteiger partial charge is 0.494 e. The predicted molar refractivity (Wildman–Crippen MR) is 136 cm³/mol. The van der Waals surface area contributed by atoms with Crippen LogP contribution in [0.2, 0.25) is 5.02 Å². The van der Waals surface area contributed by atoms with Crippen LogP contribution >= 0.6 is 11.6 Å². The van der Waals surface area contributed by atoms with Crippen LogP contribution in [0, 0.1) is 0 Å². The lowest BCUT2D eigenvalue weighted by molar-refractivity contribution is -0.139. The number of piperazine rings is 1. The summed E-state index contributed by atoms with van der Waals surface area (Å²) < 4.78 is 11.2. The first-order valence-corrected chi connectivity index (χ1v) is 12.3. The molecule has 186 valence electrons. The smallest absolute Gasteiger partial charge is 0.338 e. The van der Waals surface area contributed by atoms with Crippen LogP contribution < -0.4 is 20.3 Å². The number of benzene rings is 2. The van der Waals surface area contributed by atoms with Gasteiger partial charge in [-0.25, -0.2) is 9.59 Å². The second kappa shape index (κ2) is 11.5. The van der Waals surface area contributed by atoms with Gasteiger partial charge in [0.1, 0.15) is 5.75 Å². The maximum absolute atomic E-state index is 13.1. The van der Waals surface area contributed by atoms with E-state index < -0.39 is 12.0 Å². The molecule has 35 heavy (non-hydrogen) atoms. The number of nitrogens with one attached hydrogen (secondary N) is 2. The Balaban J connectivity index is 1.59. The van der Waals surface area contributed by atoms with Crippen LogP contribution in [0.15, 0.2) is 59.8 Å². The second-order valence-corrected chi connectivity index (χ2v) is 8.74. The average Bonchev–Trinajstić information content (AvgIpc) is 2.85. The van der Waals surface area contributed by atoms with Crippen molar-refractivity contribution in [2.75, 3.05) is 50.8 Å². The molecular formula is C26H31ClN4O4. The number of esters is 1. The van der Waals surface area contributed by atoms with E-state index >= 15 is 0 Å². The lowest BCUT2D eigenvalue weighted by Crippen LogP contribution is -2.52. The third-order valence-electron chi connectivity index (χ3n) is 6.13. The molecule has 0 spiro atoms. The molecule has 0 bridgehead atoms. The van der Waals surface area contributed by atoms with Crippen molar-refractivity contribution in [1.82, 2.24) is 15.5 Å². The molecule has 1 saturated heterocycles. The van der Waals surface area contributed by atoms with Gasteiger partial charge >= 0.3 is 12.0 Å². The average molecular weight is 499 g/mol. The monoisotopic (exact) mass is 498 g/mol. The van der Waals surface area contributed by atoms with Crippen molar-refractivity contribution in [3.05, 3.63) is 70.4 Å². The highest BCUT2D eigenvalue weighted by atomic mass is 35.5. The quantitative estimate of drug-likeness (QED) is 0.540. The molecule has 0 unspecified atom stereocenters. The summed E-state index contributed by atoms with van der Waals surface area (Å²) in [4.78, 5) is 30.3. The van der Waals surface area contributed by atoms with Gasteiger partial charge in [-0.15, -0.1) is 0 Å². The molecule has 0 aromatic heterocycles. The molecule has 0 saturated carbocycles. The van der Waals surface area contributed by atoms with Gasteiger partial charge in [-0.2, -0.15) is 0 Å². The number of hydrogen-bond donors (Lipinski definition) is 2. The van der Waals surface area contributed by atoms with Crippen molar-refractivity contribution in [2.45, 2.75) is 19.9 Å². The van der Waals surface area contributed by atoms with E-state index in [1.54, 1.807) is 6.92 Å². The van der Waals surface area contributed by atoms with Crippen molar-refractivity contribution in [3.63, 3.8) is 0 Å². The minimum absolute atomic E-state index is 0.236. The lowest BCUT2D eigenvalue weighted by atomic mass is 9.94. The third-order valence-corrected chi connectivity index (χ3v) is 6.45. The van der Waals surface area contributed by atoms with Gasteiger partial charge in [0.05, 0.1) is 35.5 Å². The number of nitrogens with zero attached hydrogens (tertiary/aromatic N) is 2. The van der Waals surface area contributed by atoms with Crippen molar-refractivity contribution in [3.8, 4) is 5.75 Å². The number of amides is 2. The second-order valence-electron chi connectivity index (χ2n) is 8.33. The van der Waals surface area contributed by atoms with Gasteiger partial charge in [-0.1, -0.05) is 41.9 Å². The number of ether oxygens (including phenoxy) is 2. The summed E-state index contributed by atoms with van der Waals surface area (Å²) in [5.41, 5.74) is 2.68. The molecule has 1 atom stereocenters. The third kappa shape index (κ3) is 5.71. The van der Waals surface area contributed by atoms with E-state index in [2.05, 4.69) is 20.4 Å². The van der Waals surface area contributed by atoms with Gasteiger partial charge in [0.2, 0.25) is 0 Å². The number of halogens is 1. The Morgan fingerprint density at radius 2 is 1.74 bits per heavy atom. The Morgan fingerprint density at radius 1 is 1.03 bits per heavy atom. The summed E-state index contributed by atoms with van der Waals surface area (Å²) in [5, 5.41) is 6.49.